The van der Waals surface area contributed by atoms with E-state index in [0.717, 1.165) is 5.56 Å². The molecule has 0 bridgehead atoms. The first-order chi connectivity index (χ1) is 11.6. The molecule has 0 spiro atoms. The molecule has 2 aromatic rings. The molecule has 6 nitrogen and oxygen atoms in total. The summed E-state index contributed by atoms with van der Waals surface area (Å²) in [6.07, 6.45) is 1.35. The maximum atomic E-state index is 13.3. The highest BCUT2D eigenvalue weighted by Crippen LogP contribution is 2.35. The summed E-state index contributed by atoms with van der Waals surface area (Å²) < 4.78 is 34.1. The Morgan fingerprint density at radius 3 is 2.75 bits per heavy atom. The number of ether oxygens (including phenoxy) is 1. The second-order valence-electron chi connectivity index (χ2n) is 6.29. The van der Waals surface area contributed by atoms with Crippen LogP contribution in [0.5, 0.6) is 5.88 Å². The third kappa shape index (κ3) is 2.58. The summed E-state index contributed by atoms with van der Waals surface area (Å²) in [6, 6.07) is 12.6. The molecule has 0 saturated carbocycles. The number of nitrogens with zero attached hydrogens (tertiary/aromatic N) is 3. The van der Waals surface area contributed by atoms with Gasteiger partial charge in [0.25, 0.3) is 0 Å². The van der Waals surface area contributed by atoms with Gasteiger partial charge in [0.1, 0.15) is 11.0 Å². The zero-order chi connectivity index (χ0) is 16.7. The molecular weight excluding hydrogens is 326 g/mol. The minimum atomic E-state index is -3.68. The van der Waals surface area contributed by atoms with Crippen LogP contribution in [-0.2, 0) is 16.6 Å². The molecular formula is C17H19N3O3S. The molecule has 4 rings (SSSR count). The fourth-order valence-corrected chi connectivity index (χ4v) is 5.11. The fourth-order valence-electron chi connectivity index (χ4n) is 3.41. The van der Waals surface area contributed by atoms with E-state index >= 15 is 0 Å². The molecule has 0 aliphatic carbocycles. The number of likely N-dealkylation sites (tertiary alicyclic amines) is 1. The first-order valence-electron chi connectivity index (χ1n) is 7.92. The Morgan fingerprint density at radius 1 is 1.17 bits per heavy atom. The standard InChI is InChI=1S/C17H19N3O3S/c1-19-11-14-15(12-19)23-17-16(8-5-9-18-17)24(21,22)20(14)10-13-6-3-2-4-7-13/h2-9,14-15H,10-12H2,1H3/t14-,15+/m1/s1. The molecule has 3 heterocycles. The molecule has 2 aliphatic heterocycles. The molecule has 0 radical (unpaired) electrons. The van der Waals surface area contributed by atoms with Crippen LogP contribution in [0.1, 0.15) is 5.56 Å². The summed E-state index contributed by atoms with van der Waals surface area (Å²) in [5.74, 6) is 0.207. The van der Waals surface area contributed by atoms with Gasteiger partial charge in [0.2, 0.25) is 15.9 Å². The highest BCUT2D eigenvalue weighted by molar-refractivity contribution is 7.89. The van der Waals surface area contributed by atoms with Crippen molar-refractivity contribution < 1.29 is 13.2 Å². The topological polar surface area (TPSA) is 62.7 Å². The Morgan fingerprint density at radius 2 is 1.96 bits per heavy atom. The predicted molar refractivity (Wildman–Crippen MR) is 89.1 cm³/mol. The lowest BCUT2D eigenvalue weighted by molar-refractivity contribution is 0.145. The van der Waals surface area contributed by atoms with Gasteiger partial charge in [-0.3, -0.25) is 0 Å². The summed E-state index contributed by atoms with van der Waals surface area (Å²) in [5.41, 5.74) is 0.960. The van der Waals surface area contributed by atoms with Gasteiger partial charge < -0.3 is 9.64 Å². The average molecular weight is 345 g/mol. The van der Waals surface area contributed by atoms with E-state index in [-0.39, 0.29) is 22.9 Å². The van der Waals surface area contributed by atoms with Crippen molar-refractivity contribution in [1.29, 1.82) is 0 Å². The number of likely N-dealkylation sites (N-methyl/N-ethyl adjacent to an activating group) is 1. The average Bonchev–Trinajstić information content (AvgIpc) is 2.90. The van der Waals surface area contributed by atoms with Gasteiger partial charge in [-0.25, -0.2) is 13.4 Å². The number of hydrogen-bond donors (Lipinski definition) is 0. The molecule has 1 aromatic carbocycles. The van der Waals surface area contributed by atoms with Gasteiger partial charge >= 0.3 is 0 Å². The van der Waals surface area contributed by atoms with Gasteiger partial charge in [-0.2, -0.15) is 4.31 Å². The molecule has 1 saturated heterocycles. The third-order valence-electron chi connectivity index (χ3n) is 4.56. The van der Waals surface area contributed by atoms with Gasteiger partial charge in [0.05, 0.1) is 6.04 Å². The lowest BCUT2D eigenvalue weighted by atomic mass is 10.1. The normalized spacial score (nSPS) is 26.2. The van der Waals surface area contributed by atoms with Crippen molar-refractivity contribution in [3.63, 3.8) is 0 Å². The van der Waals surface area contributed by atoms with Crippen molar-refractivity contribution in [2.75, 3.05) is 20.1 Å². The first-order valence-corrected chi connectivity index (χ1v) is 9.36. The Labute approximate surface area is 141 Å². The van der Waals surface area contributed by atoms with Gasteiger partial charge in [0.15, 0.2) is 0 Å². The molecule has 1 fully saturated rings. The van der Waals surface area contributed by atoms with Crippen molar-refractivity contribution in [3.8, 4) is 5.88 Å². The number of benzene rings is 1. The number of pyridine rings is 1. The molecule has 2 atom stereocenters. The molecule has 0 N–H and O–H groups in total. The van der Waals surface area contributed by atoms with Crippen molar-refractivity contribution >= 4 is 10.0 Å². The number of aromatic nitrogens is 1. The van der Waals surface area contributed by atoms with E-state index < -0.39 is 10.0 Å². The van der Waals surface area contributed by atoms with Crippen molar-refractivity contribution in [2.45, 2.75) is 23.6 Å². The van der Waals surface area contributed by atoms with Crippen molar-refractivity contribution in [2.24, 2.45) is 0 Å². The molecule has 0 unspecified atom stereocenters. The summed E-state index contributed by atoms with van der Waals surface area (Å²) in [7, 11) is -1.70. The summed E-state index contributed by atoms with van der Waals surface area (Å²) in [6.45, 7) is 1.65. The zero-order valence-electron chi connectivity index (χ0n) is 13.4. The van der Waals surface area contributed by atoms with E-state index in [0.29, 0.717) is 19.6 Å². The zero-order valence-corrected chi connectivity index (χ0v) is 14.2. The Bertz CT molecular complexity index is 841. The highest BCUT2D eigenvalue weighted by Gasteiger charge is 2.46. The fraction of sp³-hybridized carbons (Fsp3) is 0.353. The summed E-state index contributed by atoms with van der Waals surface area (Å²) in [4.78, 5) is 6.40. The summed E-state index contributed by atoms with van der Waals surface area (Å²) >= 11 is 0. The maximum Gasteiger partial charge on any atom is 0.249 e. The Kier molecular flexibility index (Phi) is 3.79. The minimum absolute atomic E-state index is 0.151. The third-order valence-corrected chi connectivity index (χ3v) is 6.44. The van der Waals surface area contributed by atoms with Crippen LogP contribution in [0.25, 0.3) is 0 Å². The van der Waals surface area contributed by atoms with Crippen LogP contribution in [0.3, 0.4) is 0 Å². The van der Waals surface area contributed by atoms with Crippen LogP contribution >= 0.6 is 0 Å². The first kappa shape index (κ1) is 15.6. The van der Waals surface area contributed by atoms with E-state index in [1.54, 1.807) is 22.6 Å². The molecule has 7 heteroatoms. The monoisotopic (exact) mass is 345 g/mol. The SMILES string of the molecule is CN1C[C@@H]2Oc3ncccc3S(=O)(=O)N(Cc3ccccc3)[C@@H]2C1. The number of rotatable bonds is 2. The maximum absolute atomic E-state index is 13.3. The number of fused-ring (bicyclic) bond motifs is 2. The molecule has 126 valence electrons. The van der Waals surface area contributed by atoms with E-state index in [4.69, 9.17) is 4.74 Å². The van der Waals surface area contributed by atoms with Crippen LogP contribution in [0.2, 0.25) is 0 Å². The lowest BCUT2D eigenvalue weighted by Gasteiger charge is -2.28. The number of hydrogen-bond acceptors (Lipinski definition) is 5. The van der Waals surface area contributed by atoms with E-state index in [9.17, 15) is 8.42 Å². The highest BCUT2D eigenvalue weighted by atomic mass is 32.2. The van der Waals surface area contributed by atoms with Crippen LogP contribution in [0, 0.1) is 0 Å². The Balaban J connectivity index is 1.81. The molecule has 2 aliphatic rings. The molecule has 24 heavy (non-hydrogen) atoms. The quantitative estimate of drug-likeness (QED) is 0.822. The molecule has 1 aromatic heterocycles. The van der Waals surface area contributed by atoms with Gasteiger partial charge in [-0.05, 0) is 24.7 Å². The minimum Gasteiger partial charge on any atom is -0.470 e. The van der Waals surface area contributed by atoms with Gasteiger partial charge in [-0.1, -0.05) is 30.3 Å². The van der Waals surface area contributed by atoms with Gasteiger partial charge in [-0.15, -0.1) is 0 Å². The van der Waals surface area contributed by atoms with E-state index in [2.05, 4.69) is 9.88 Å². The van der Waals surface area contributed by atoms with Crippen LogP contribution in [0.4, 0.5) is 0 Å². The second-order valence-corrected chi connectivity index (χ2v) is 8.15. The number of sulfonamides is 1. The largest absolute Gasteiger partial charge is 0.470 e. The smallest absolute Gasteiger partial charge is 0.249 e. The van der Waals surface area contributed by atoms with Crippen LogP contribution in [0.15, 0.2) is 53.6 Å². The summed E-state index contributed by atoms with van der Waals surface area (Å²) in [5, 5.41) is 0. The van der Waals surface area contributed by atoms with Crippen molar-refractivity contribution in [1.82, 2.24) is 14.2 Å². The van der Waals surface area contributed by atoms with E-state index in [1.165, 1.54) is 0 Å². The van der Waals surface area contributed by atoms with Gasteiger partial charge in [0, 0.05) is 25.8 Å². The predicted octanol–water partition coefficient (Wildman–Crippen LogP) is 1.35. The Hall–Kier alpha value is -1.96. The van der Waals surface area contributed by atoms with Crippen molar-refractivity contribution in [3.05, 3.63) is 54.2 Å². The lowest BCUT2D eigenvalue weighted by Crippen LogP contribution is -2.46. The van der Waals surface area contributed by atoms with E-state index in [1.807, 2.05) is 37.4 Å². The van der Waals surface area contributed by atoms with Crippen LogP contribution in [-0.4, -0.2) is 54.9 Å². The molecule has 0 amide bonds. The van der Waals surface area contributed by atoms with Crippen LogP contribution < -0.4 is 4.74 Å². The second kappa shape index (κ2) is 5.84.